The first kappa shape index (κ1) is 21.2. The third-order valence-corrected chi connectivity index (χ3v) is 4.22. The number of benzene rings is 2. The minimum atomic E-state index is -1.12. The van der Waals surface area contributed by atoms with E-state index < -0.39 is 23.9 Å². The van der Waals surface area contributed by atoms with Crippen LogP contribution in [0, 0.1) is 0 Å². The van der Waals surface area contributed by atoms with Gasteiger partial charge in [-0.1, -0.05) is 51.1 Å². The van der Waals surface area contributed by atoms with Gasteiger partial charge >= 0.3 is 11.9 Å². The van der Waals surface area contributed by atoms with Crippen molar-refractivity contribution < 1.29 is 24.2 Å². The number of carbonyl (C=O) groups excluding carboxylic acids is 2. The van der Waals surface area contributed by atoms with Crippen molar-refractivity contribution in [3.63, 3.8) is 0 Å². The highest BCUT2D eigenvalue weighted by Gasteiger charge is 2.22. The number of rotatable bonds is 6. The molecule has 0 aliphatic heterocycles. The van der Waals surface area contributed by atoms with E-state index in [1.807, 2.05) is 24.3 Å². The number of hydrogen-bond donors (Lipinski definition) is 2. The number of esters is 1. The van der Waals surface area contributed by atoms with E-state index >= 15 is 0 Å². The summed E-state index contributed by atoms with van der Waals surface area (Å²) in [5.74, 6) is -1.94. The van der Waals surface area contributed by atoms with Crippen LogP contribution in [-0.4, -0.2) is 29.0 Å². The Bertz CT molecular complexity index is 865. The number of carbonyl (C=O) groups is 3. The molecule has 6 nitrogen and oxygen atoms in total. The summed E-state index contributed by atoms with van der Waals surface area (Å²) in [6, 6.07) is 12.7. The molecule has 6 heteroatoms. The van der Waals surface area contributed by atoms with Crippen LogP contribution in [0.4, 0.5) is 0 Å². The van der Waals surface area contributed by atoms with Gasteiger partial charge in [-0.3, -0.25) is 9.59 Å². The molecule has 1 atom stereocenters. The Hall–Kier alpha value is -3.15. The average molecular weight is 383 g/mol. The normalized spacial score (nSPS) is 12.1. The Balaban J connectivity index is 2.11. The summed E-state index contributed by atoms with van der Waals surface area (Å²) < 4.78 is 4.96. The van der Waals surface area contributed by atoms with Gasteiger partial charge < -0.3 is 15.2 Å². The Morgan fingerprint density at radius 1 is 1.07 bits per heavy atom. The molecule has 2 aromatic rings. The van der Waals surface area contributed by atoms with Crippen molar-refractivity contribution in [1.29, 1.82) is 0 Å². The van der Waals surface area contributed by atoms with E-state index in [9.17, 15) is 19.5 Å². The number of carboxylic acids is 1. The van der Waals surface area contributed by atoms with Crippen molar-refractivity contribution in [3.8, 4) is 5.75 Å². The van der Waals surface area contributed by atoms with Crippen LogP contribution in [0.5, 0.6) is 5.75 Å². The van der Waals surface area contributed by atoms with E-state index in [2.05, 4.69) is 26.1 Å². The molecular formula is C22H25NO5. The summed E-state index contributed by atoms with van der Waals surface area (Å²) in [5.41, 5.74) is 2.18. The van der Waals surface area contributed by atoms with Crippen LogP contribution in [0.3, 0.4) is 0 Å². The molecule has 2 N–H and O–H groups in total. The molecule has 0 unspecified atom stereocenters. The van der Waals surface area contributed by atoms with Crippen molar-refractivity contribution in [2.45, 2.75) is 45.6 Å². The van der Waals surface area contributed by atoms with Gasteiger partial charge in [-0.15, -0.1) is 0 Å². The van der Waals surface area contributed by atoms with E-state index in [0.29, 0.717) is 0 Å². The second-order valence-corrected chi connectivity index (χ2v) is 7.64. The van der Waals surface area contributed by atoms with Gasteiger partial charge in [-0.2, -0.15) is 0 Å². The lowest BCUT2D eigenvalue weighted by Crippen LogP contribution is -2.42. The third kappa shape index (κ3) is 5.94. The van der Waals surface area contributed by atoms with Crippen LogP contribution < -0.4 is 10.1 Å². The summed E-state index contributed by atoms with van der Waals surface area (Å²) in [6.07, 6.45) is 0.162. The molecule has 0 saturated heterocycles. The quantitative estimate of drug-likeness (QED) is 0.590. The Kier molecular flexibility index (Phi) is 6.57. The fourth-order valence-corrected chi connectivity index (χ4v) is 2.68. The van der Waals surface area contributed by atoms with Crippen LogP contribution in [0.15, 0.2) is 48.5 Å². The largest absolute Gasteiger partial charge is 0.480 e. The van der Waals surface area contributed by atoms with Crippen molar-refractivity contribution >= 4 is 17.8 Å². The van der Waals surface area contributed by atoms with E-state index in [4.69, 9.17) is 4.74 Å². The van der Waals surface area contributed by atoms with Crippen LogP contribution in [0.1, 0.15) is 49.2 Å². The summed E-state index contributed by atoms with van der Waals surface area (Å²) in [5, 5.41) is 12.0. The fraction of sp³-hybridized carbons (Fsp3) is 0.318. The number of hydrogen-bond acceptors (Lipinski definition) is 4. The van der Waals surface area contributed by atoms with Crippen molar-refractivity contribution in [2.24, 2.45) is 0 Å². The lowest BCUT2D eigenvalue weighted by molar-refractivity contribution is -0.139. The minimum Gasteiger partial charge on any atom is -0.480 e. The highest BCUT2D eigenvalue weighted by Crippen LogP contribution is 2.22. The van der Waals surface area contributed by atoms with E-state index in [0.717, 1.165) is 11.1 Å². The third-order valence-electron chi connectivity index (χ3n) is 4.22. The molecule has 0 heterocycles. The molecular weight excluding hydrogens is 358 g/mol. The molecule has 0 radical (unpaired) electrons. The maximum absolute atomic E-state index is 12.5. The molecule has 0 spiro atoms. The lowest BCUT2D eigenvalue weighted by Gasteiger charge is -2.20. The number of amides is 1. The number of carboxylic acid groups (broad SMARTS) is 1. The van der Waals surface area contributed by atoms with Gasteiger partial charge in [0.15, 0.2) is 0 Å². The molecule has 28 heavy (non-hydrogen) atoms. The molecule has 0 aliphatic carbocycles. The average Bonchev–Trinajstić information content (AvgIpc) is 2.60. The molecule has 0 aromatic heterocycles. The smallest absolute Gasteiger partial charge is 0.326 e. The predicted octanol–water partition coefficient (Wildman–Crippen LogP) is 3.34. The maximum Gasteiger partial charge on any atom is 0.326 e. The molecule has 0 aliphatic rings. The van der Waals surface area contributed by atoms with Crippen LogP contribution in [-0.2, 0) is 21.4 Å². The van der Waals surface area contributed by atoms with Gasteiger partial charge in [0.25, 0.3) is 5.91 Å². The topological polar surface area (TPSA) is 92.7 Å². The Labute approximate surface area is 164 Å². The molecule has 2 aromatic carbocycles. The highest BCUT2D eigenvalue weighted by atomic mass is 16.5. The number of ether oxygens (including phenoxy) is 1. The first-order valence-electron chi connectivity index (χ1n) is 8.98. The van der Waals surface area contributed by atoms with E-state index in [-0.39, 0.29) is 23.1 Å². The second-order valence-electron chi connectivity index (χ2n) is 7.64. The van der Waals surface area contributed by atoms with Gasteiger partial charge in [0.05, 0.1) is 0 Å². The monoisotopic (exact) mass is 383 g/mol. The maximum atomic E-state index is 12.5. The molecule has 0 saturated carbocycles. The highest BCUT2D eigenvalue weighted by molar-refractivity contribution is 5.97. The number of nitrogens with one attached hydrogen (secondary N) is 1. The summed E-state index contributed by atoms with van der Waals surface area (Å²) >= 11 is 0. The van der Waals surface area contributed by atoms with Crippen molar-refractivity contribution in [3.05, 3.63) is 65.2 Å². The summed E-state index contributed by atoms with van der Waals surface area (Å²) in [4.78, 5) is 35.1. The molecule has 2 rings (SSSR count). The first-order chi connectivity index (χ1) is 13.1. The SMILES string of the molecule is CC(=O)Oc1cccc(C(=O)N[C@H](Cc2ccc(C(C)(C)C)cc2)C(=O)O)c1. The van der Waals surface area contributed by atoms with Crippen LogP contribution >= 0.6 is 0 Å². The minimum absolute atomic E-state index is 0.00586. The van der Waals surface area contributed by atoms with Crippen LogP contribution in [0.2, 0.25) is 0 Å². The standard InChI is InChI=1S/C22H25NO5/c1-14(24)28-18-7-5-6-16(13-18)20(25)23-19(21(26)27)12-15-8-10-17(11-9-15)22(2,3)4/h5-11,13,19H,12H2,1-4H3,(H,23,25)(H,26,27)/t19-/m1/s1. The predicted molar refractivity (Wildman–Crippen MR) is 105 cm³/mol. The zero-order chi connectivity index (χ0) is 20.9. The first-order valence-corrected chi connectivity index (χ1v) is 8.98. The van der Waals surface area contributed by atoms with Gasteiger partial charge in [0.1, 0.15) is 11.8 Å². The molecule has 148 valence electrons. The molecule has 0 bridgehead atoms. The fourth-order valence-electron chi connectivity index (χ4n) is 2.68. The zero-order valence-corrected chi connectivity index (χ0v) is 16.5. The van der Waals surface area contributed by atoms with Gasteiger partial charge in [0, 0.05) is 18.9 Å². The van der Waals surface area contributed by atoms with Crippen molar-refractivity contribution in [2.75, 3.05) is 0 Å². The van der Waals surface area contributed by atoms with E-state index in [1.54, 1.807) is 12.1 Å². The second kappa shape index (κ2) is 8.69. The number of aliphatic carboxylic acids is 1. The van der Waals surface area contributed by atoms with Crippen LogP contribution in [0.25, 0.3) is 0 Å². The van der Waals surface area contributed by atoms with E-state index in [1.165, 1.54) is 19.1 Å². The molecule has 0 fully saturated rings. The Morgan fingerprint density at radius 2 is 1.71 bits per heavy atom. The van der Waals surface area contributed by atoms with Crippen molar-refractivity contribution in [1.82, 2.24) is 5.32 Å². The Morgan fingerprint density at radius 3 is 2.25 bits per heavy atom. The van der Waals surface area contributed by atoms with Gasteiger partial charge in [-0.05, 0) is 34.7 Å². The molecule has 1 amide bonds. The lowest BCUT2D eigenvalue weighted by atomic mass is 9.86. The van der Waals surface area contributed by atoms with Gasteiger partial charge in [-0.25, -0.2) is 4.79 Å². The zero-order valence-electron chi connectivity index (χ0n) is 16.5. The summed E-state index contributed by atoms with van der Waals surface area (Å²) in [7, 11) is 0. The van der Waals surface area contributed by atoms with Gasteiger partial charge in [0.2, 0.25) is 0 Å². The summed E-state index contributed by atoms with van der Waals surface area (Å²) in [6.45, 7) is 7.57.